The summed E-state index contributed by atoms with van der Waals surface area (Å²) in [6, 6.07) is 86.5. The van der Waals surface area contributed by atoms with Gasteiger partial charge in [0, 0.05) is 33.4 Å². The van der Waals surface area contributed by atoms with Crippen molar-refractivity contribution in [3.63, 3.8) is 0 Å². The van der Waals surface area contributed by atoms with Gasteiger partial charge in [-0.3, -0.25) is 4.39 Å². The second-order valence-electron chi connectivity index (χ2n) is 20.0. The number of fused-ring (bicyclic) bond motifs is 2. The number of hydrogen-bond acceptors (Lipinski definition) is 8. The molecule has 11 rings (SSSR count). The molecule has 3 aliphatic heterocycles. The van der Waals surface area contributed by atoms with E-state index in [4.69, 9.17) is 40.8 Å². The first kappa shape index (κ1) is 97.6. The van der Waals surface area contributed by atoms with Crippen LogP contribution in [0.2, 0.25) is 0 Å². The minimum absolute atomic E-state index is 0. The maximum atomic E-state index is 9.96. The molecule has 3 heterocycles. The van der Waals surface area contributed by atoms with E-state index in [0.717, 1.165) is 21.5 Å². The molecule has 3 aliphatic rings. The van der Waals surface area contributed by atoms with Gasteiger partial charge in [-0.05, 0) is 132 Å². The quantitative estimate of drug-likeness (QED) is 0.100. The van der Waals surface area contributed by atoms with Crippen molar-refractivity contribution in [2.24, 2.45) is 11.5 Å². The number of halogens is 2. The van der Waals surface area contributed by atoms with E-state index in [1.54, 1.807) is 0 Å². The van der Waals surface area contributed by atoms with E-state index in [9.17, 15) is 4.39 Å². The minimum atomic E-state index is -1.00. The molecule has 4 N–H and O–H groups in total. The van der Waals surface area contributed by atoms with Gasteiger partial charge in [-0.15, -0.1) is 0 Å². The molecule has 0 atom stereocenters. The van der Waals surface area contributed by atoms with Crippen LogP contribution in [0, 0.1) is 48.5 Å². The van der Waals surface area contributed by atoms with Crippen molar-refractivity contribution in [2.75, 3.05) is 19.1 Å². The van der Waals surface area contributed by atoms with Gasteiger partial charge >= 0.3 is 21.1 Å². The van der Waals surface area contributed by atoms with Crippen molar-refractivity contribution in [3.05, 3.63) is 243 Å². The maximum absolute atomic E-state index is 9.96. The average Bonchev–Trinajstić information content (AvgIpc) is 1.61. The SMILES string of the molecule is CC.CC.CC.CC.CC.CC.CC1(C)OB(B2OC(C)(C)C(C)(C)O2)OC1(C)C.CC1(C)OB(CN)OC1(C)C.NCBr.S.S.[2H]CF.c1c#cc2ccccc2c#1.c1c#cc2ccccc2c#1.c1ccccc1.c1ccccc1.c1ccccc1.c1ccccc1. The molecular weight excluding hydrogens is 1240 g/mol. The molecule has 0 aliphatic carbocycles. The minimum Gasteiger partial charge on any atom is -0.405 e. The number of nitrogens with two attached hydrogens (primary N) is 2. The van der Waals surface area contributed by atoms with E-state index in [1.807, 2.05) is 360 Å². The van der Waals surface area contributed by atoms with Crippen LogP contribution < -0.4 is 11.5 Å². The summed E-state index contributed by atoms with van der Waals surface area (Å²) in [5.74, 6) is 0. The second kappa shape index (κ2) is 61.7. The lowest BCUT2D eigenvalue weighted by atomic mass is 9.49. The number of alkyl halides is 2. The maximum Gasteiger partial charge on any atom is 0.488 e. The summed E-state index contributed by atoms with van der Waals surface area (Å²) in [6.45, 7) is 48.3. The summed E-state index contributed by atoms with van der Waals surface area (Å²) in [4.78, 5) is 0. The van der Waals surface area contributed by atoms with Crippen LogP contribution >= 0.6 is 42.9 Å². The Balaban J connectivity index is -0.000000179. The highest BCUT2D eigenvalue weighted by Gasteiger charge is 2.63. The van der Waals surface area contributed by atoms with Crippen LogP contribution in [0.5, 0.6) is 0 Å². The van der Waals surface area contributed by atoms with Crippen molar-refractivity contribution < 1.29 is 33.7 Å². The molecule has 0 amide bonds. The van der Waals surface area contributed by atoms with E-state index in [0.29, 0.717) is 11.9 Å². The van der Waals surface area contributed by atoms with E-state index >= 15 is 0 Å². The van der Waals surface area contributed by atoms with Gasteiger partial charge in [-0.1, -0.05) is 293 Å². The monoisotopic (exact) mass is 1360 g/mol. The largest absolute Gasteiger partial charge is 0.488 e. The van der Waals surface area contributed by atoms with Gasteiger partial charge in [0.1, 0.15) is 0 Å². The lowest BCUT2D eigenvalue weighted by Crippen LogP contribution is -2.41. The molecule has 0 unspecified atom stereocenters. The van der Waals surface area contributed by atoms with Crippen LogP contribution in [0.3, 0.4) is 0 Å². The fraction of sp³-hybridized carbons (Fsp3) is 0.429. The molecule has 0 radical (unpaired) electrons. The standard InChI is InChI=1S/C12H24B2O4.2C10H4.C7H16BNO2.4C6H6.6C2H6.CH4BrN.CH3F.2H2S/c1-9(2)10(3,4)16-13(15-9)14-17-11(5,6)12(7,8)18-14;2*1-2-6-10-8-4-3-7-9(10)5-1;1-6(2)7(3,4)11-8(5-9)10-6;4*1-2-4-6-5-3-1;6*1-2;2-1-3;1-2;;/h1-8H3;2*1-2,5-6H;5,9H2,1-4H3;4*1-6H;6*1-2H3;1,3H2;1H3;2*1H2/i;;;;;;;;;;;;;;;1D;;. The lowest BCUT2D eigenvalue weighted by Gasteiger charge is -2.32. The first-order valence-electron chi connectivity index (χ1n) is 32.3. The van der Waals surface area contributed by atoms with Crippen LogP contribution in [0.1, 0.15) is 168 Å². The molecule has 15 heteroatoms. The van der Waals surface area contributed by atoms with E-state index < -0.39 is 21.2 Å². The highest BCUT2D eigenvalue weighted by Crippen LogP contribution is 2.43. The van der Waals surface area contributed by atoms with Gasteiger partial charge < -0.3 is 39.4 Å². The zero-order valence-electron chi connectivity index (χ0n) is 61.7. The fourth-order valence-corrected chi connectivity index (χ4v) is 6.40. The van der Waals surface area contributed by atoms with Gasteiger partial charge in [0.2, 0.25) is 0 Å². The second-order valence-corrected chi connectivity index (χ2v) is 20.7. The topological polar surface area (TPSA) is 107 Å². The number of rotatable bonds is 2. The van der Waals surface area contributed by atoms with Gasteiger partial charge in [0.15, 0.2) is 0 Å². The Bertz CT molecular complexity index is 2240. The van der Waals surface area contributed by atoms with Gasteiger partial charge in [0.25, 0.3) is 0 Å². The Morgan fingerprint density at radius 1 is 0.337 bits per heavy atom. The zero-order chi connectivity index (χ0) is 70.7. The molecule has 0 aromatic heterocycles. The lowest BCUT2D eigenvalue weighted by molar-refractivity contribution is 0.00578. The highest BCUT2D eigenvalue weighted by atomic mass is 79.9. The van der Waals surface area contributed by atoms with Crippen molar-refractivity contribution in [3.8, 4) is 0 Å². The smallest absolute Gasteiger partial charge is 0.405 e. The number of hydrogen-bond donors (Lipinski definition) is 2. The van der Waals surface area contributed by atoms with Gasteiger partial charge in [0.05, 0.1) is 42.1 Å². The third kappa shape index (κ3) is 42.7. The predicted molar refractivity (Wildman–Crippen MR) is 416 cm³/mol. The van der Waals surface area contributed by atoms with Crippen LogP contribution in [0.15, 0.2) is 194 Å². The molecule has 3 saturated heterocycles. The molecule has 8 nitrogen and oxygen atoms in total. The summed E-state index contributed by atoms with van der Waals surface area (Å²) in [7, 11) is -2.19. The Morgan fingerprint density at radius 2 is 0.467 bits per heavy atom. The van der Waals surface area contributed by atoms with Crippen LogP contribution in [-0.4, -0.2) is 73.8 Å². The molecule has 3 fully saturated rings. The Hall–Kier alpha value is -5.46. The predicted octanol–water partition coefficient (Wildman–Crippen LogP) is 20.9. The first-order chi connectivity index (χ1) is 43.5. The van der Waals surface area contributed by atoms with Crippen LogP contribution in [0.25, 0.3) is 21.5 Å². The molecule has 92 heavy (non-hydrogen) atoms. The summed E-state index contributed by atoms with van der Waals surface area (Å²) in [6.07, 6.45) is 0.423. The molecule has 8 aromatic carbocycles. The van der Waals surface area contributed by atoms with Crippen LogP contribution in [0.4, 0.5) is 4.39 Å². The van der Waals surface area contributed by atoms with E-state index in [-0.39, 0.29) is 67.7 Å². The molecule has 0 bridgehead atoms. The summed E-state index contributed by atoms with van der Waals surface area (Å²) < 4.78 is 50.5. The van der Waals surface area contributed by atoms with Crippen LogP contribution in [-0.2, 0) is 27.9 Å². The zero-order valence-corrected chi connectivity index (χ0v) is 64.3. The summed E-state index contributed by atoms with van der Waals surface area (Å²) in [5, 5.41) is 4.17. The summed E-state index contributed by atoms with van der Waals surface area (Å²) >= 11 is 2.92. The molecule has 0 spiro atoms. The Labute approximate surface area is 588 Å². The first-order valence-corrected chi connectivity index (χ1v) is 32.8. The Morgan fingerprint density at radius 3 is 0.587 bits per heavy atom. The fourth-order valence-electron chi connectivity index (χ4n) is 6.40. The van der Waals surface area contributed by atoms with E-state index in [1.165, 1.54) is 0 Å². The Kier molecular flexibility index (Phi) is 65.5. The van der Waals surface area contributed by atoms with Crippen molar-refractivity contribution >= 4 is 85.6 Å². The third-order valence-corrected chi connectivity index (χ3v) is 12.7. The molecule has 8 aromatic rings. The van der Waals surface area contributed by atoms with Crippen molar-refractivity contribution in [1.29, 1.82) is 0 Å². The van der Waals surface area contributed by atoms with Crippen molar-refractivity contribution in [2.45, 2.75) is 200 Å². The normalized spacial score (nSPS) is 14.3. The number of benzene rings is 6. The molecule has 508 valence electrons. The highest BCUT2D eigenvalue weighted by molar-refractivity contribution is 9.09. The third-order valence-electron chi connectivity index (χ3n) is 12.7. The molecular formula is C77H119B3BrFN2O6S2. The average molecular weight is 1370 g/mol. The van der Waals surface area contributed by atoms with Crippen molar-refractivity contribution in [1.82, 2.24) is 0 Å². The molecule has 0 saturated carbocycles. The summed E-state index contributed by atoms with van der Waals surface area (Å²) in [5.41, 5.74) is 8.83. The van der Waals surface area contributed by atoms with Gasteiger partial charge in [-0.2, -0.15) is 27.0 Å². The van der Waals surface area contributed by atoms with E-state index in [2.05, 4.69) is 64.5 Å². The van der Waals surface area contributed by atoms with Gasteiger partial charge in [-0.25, -0.2) is 0 Å².